The van der Waals surface area contributed by atoms with Gasteiger partial charge in [0.25, 0.3) is 0 Å². The molecule has 0 amide bonds. The molecule has 3 nitrogen and oxygen atoms in total. The smallest absolute Gasteiger partial charge is 0.0979 e. The SMILES string of the molecule is CCN[C@@H]1[C@H](O)[C@@H](CC)O[C@H]1C. The second-order valence-corrected chi connectivity index (χ2v) is 3.36. The van der Waals surface area contributed by atoms with Crippen LogP contribution in [0, 0.1) is 0 Å². The van der Waals surface area contributed by atoms with Gasteiger partial charge in [0.15, 0.2) is 0 Å². The summed E-state index contributed by atoms with van der Waals surface area (Å²) in [4.78, 5) is 0. The zero-order valence-corrected chi connectivity index (χ0v) is 8.08. The number of hydrogen-bond acceptors (Lipinski definition) is 3. The molecule has 0 aliphatic carbocycles. The molecule has 0 spiro atoms. The number of nitrogens with one attached hydrogen (secondary N) is 1. The minimum Gasteiger partial charge on any atom is -0.389 e. The Labute approximate surface area is 74.1 Å². The van der Waals surface area contributed by atoms with E-state index in [2.05, 4.69) is 5.32 Å². The summed E-state index contributed by atoms with van der Waals surface area (Å²) in [5.41, 5.74) is 0. The van der Waals surface area contributed by atoms with Crippen LogP contribution in [0.25, 0.3) is 0 Å². The summed E-state index contributed by atoms with van der Waals surface area (Å²) in [6.07, 6.45) is 0.687. The average molecular weight is 173 g/mol. The summed E-state index contributed by atoms with van der Waals surface area (Å²) in [6, 6.07) is 0.111. The Morgan fingerprint density at radius 3 is 2.50 bits per heavy atom. The first-order valence-electron chi connectivity index (χ1n) is 4.77. The van der Waals surface area contributed by atoms with Gasteiger partial charge in [0, 0.05) is 0 Å². The van der Waals surface area contributed by atoms with E-state index in [1.54, 1.807) is 0 Å². The highest BCUT2D eigenvalue weighted by molar-refractivity contribution is 4.92. The standard InChI is InChI=1S/C9H19NO2/c1-4-7-9(11)8(10-5-2)6(3)12-7/h6-11H,4-5H2,1-3H3/t6-,7+,8-,9+/m0/s1. The minimum absolute atomic E-state index is 0.0176. The van der Waals surface area contributed by atoms with Gasteiger partial charge in [-0.15, -0.1) is 0 Å². The lowest BCUT2D eigenvalue weighted by Gasteiger charge is -2.18. The lowest BCUT2D eigenvalue weighted by Crippen LogP contribution is -2.43. The van der Waals surface area contributed by atoms with Crippen molar-refractivity contribution in [2.75, 3.05) is 6.54 Å². The van der Waals surface area contributed by atoms with Gasteiger partial charge in [-0.25, -0.2) is 0 Å². The largest absolute Gasteiger partial charge is 0.389 e. The van der Waals surface area contributed by atoms with Gasteiger partial charge in [-0.3, -0.25) is 0 Å². The molecule has 2 N–H and O–H groups in total. The molecule has 1 fully saturated rings. The third-order valence-corrected chi connectivity index (χ3v) is 2.49. The van der Waals surface area contributed by atoms with Crippen molar-refractivity contribution in [3.8, 4) is 0 Å². The van der Waals surface area contributed by atoms with E-state index in [-0.39, 0.29) is 24.4 Å². The second-order valence-electron chi connectivity index (χ2n) is 3.36. The van der Waals surface area contributed by atoms with Crippen molar-refractivity contribution in [3.63, 3.8) is 0 Å². The van der Waals surface area contributed by atoms with Crippen LogP contribution in [0.15, 0.2) is 0 Å². The fraction of sp³-hybridized carbons (Fsp3) is 1.00. The van der Waals surface area contributed by atoms with Gasteiger partial charge in [-0.2, -0.15) is 0 Å². The van der Waals surface area contributed by atoms with Gasteiger partial charge >= 0.3 is 0 Å². The zero-order valence-electron chi connectivity index (χ0n) is 8.08. The molecule has 72 valence electrons. The third kappa shape index (κ3) is 1.79. The molecular weight excluding hydrogens is 154 g/mol. The van der Waals surface area contributed by atoms with Crippen LogP contribution in [-0.4, -0.2) is 36.0 Å². The number of aliphatic hydroxyl groups is 1. The lowest BCUT2D eigenvalue weighted by atomic mass is 10.0. The van der Waals surface area contributed by atoms with Gasteiger partial charge in [0.1, 0.15) is 0 Å². The van der Waals surface area contributed by atoms with Crippen molar-refractivity contribution in [1.82, 2.24) is 5.32 Å². The first-order valence-corrected chi connectivity index (χ1v) is 4.77. The molecule has 1 aliphatic heterocycles. The zero-order chi connectivity index (χ0) is 9.14. The molecular formula is C9H19NO2. The summed E-state index contributed by atoms with van der Waals surface area (Å²) < 4.78 is 5.58. The summed E-state index contributed by atoms with van der Waals surface area (Å²) in [5, 5.41) is 13.0. The Balaban J connectivity index is 2.51. The Bertz CT molecular complexity index is 140. The van der Waals surface area contributed by atoms with Crippen molar-refractivity contribution >= 4 is 0 Å². The highest BCUT2D eigenvalue weighted by Crippen LogP contribution is 2.22. The van der Waals surface area contributed by atoms with E-state index in [1.165, 1.54) is 0 Å². The Kier molecular flexibility index (Phi) is 3.50. The van der Waals surface area contributed by atoms with Gasteiger partial charge in [-0.05, 0) is 19.9 Å². The van der Waals surface area contributed by atoms with Crippen LogP contribution >= 0.6 is 0 Å². The predicted molar refractivity (Wildman–Crippen MR) is 48.1 cm³/mol. The highest BCUT2D eigenvalue weighted by Gasteiger charge is 2.39. The predicted octanol–water partition coefficient (Wildman–Crippen LogP) is 0.523. The number of aliphatic hydroxyl groups excluding tert-OH is 1. The molecule has 1 rings (SSSR count). The van der Waals surface area contributed by atoms with Gasteiger partial charge in [0.2, 0.25) is 0 Å². The van der Waals surface area contributed by atoms with Crippen molar-refractivity contribution in [2.24, 2.45) is 0 Å². The van der Waals surface area contributed by atoms with E-state index >= 15 is 0 Å². The van der Waals surface area contributed by atoms with Crippen molar-refractivity contribution in [3.05, 3.63) is 0 Å². The van der Waals surface area contributed by atoms with Crippen molar-refractivity contribution in [2.45, 2.75) is 51.5 Å². The molecule has 0 aromatic heterocycles. The monoisotopic (exact) mass is 173 g/mol. The Morgan fingerprint density at radius 1 is 1.42 bits per heavy atom. The molecule has 0 saturated carbocycles. The molecule has 0 unspecified atom stereocenters. The maximum atomic E-state index is 9.76. The molecule has 1 saturated heterocycles. The molecule has 1 aliphatic rings. The minimum atomic E-state index is -0.343. The third-order valence-electron chi connectivity index (χ3n) is 2.49. The van der Waals surface area contributed by atoms with Gasteiger partial charge in [0.05, 0.1) is 24.4 Å². The maximum Gasteiger partial charge on any atom is 0.0979 e. The maximum absolute atomic E-state index is 9.76. The van der Waals surface area contributed by atoms with E-state index in [0.717, 1.165) is 13.0 Å². The molecule has 3 heteroatoms. The Hall–Kier alpha value is -0.120. The summed E-state index contributed by atoms with van der Waals surface area (Å²) in [5.74, 6) is 0. The van der Waals surface area contributed by atoms with Crippen LogP contribution in [0.5, 0.6) is 0 Å². The van der Waals surface area contributed by atoms with Crippen LogP contribution in [0.2, 0.25) is 0 Å². The molecule has 4 atom stereocenters. The first-order chi connectivity index (χ1) is 5.70. The first kappa shape index (κ1) is 9.96. The summed E-state index contributed by atoms with van der Waals surface area (Å²) in [7, 11) is 0. The molecule has 0 radical (unpaired) electrons. The fourth-order valence-electron chi connectivity index (χ4n) is 1.81. The Morgan fingerprint density at radius 2 is 2.08 bits per heavy atom. The lowest BCUT2D eigenvalue weighted by molar-refractivity contribution is 0.0144. The van der Waals surface area contributed by atoms with Crippen LogP contribution < -0.4 is 5.32 Å². The fourth-order valence-corrected chi connectivity index (χ4v) is 1.81. The average Bonchev–Trinajstić information content (AvgIpc) is 2.32. The number of likely N-dealkylation sites (N-methyl/N-ethyl adjacent to an activating group) is 1. The topological polar surface area (TPSA) is 41.5 Å². The van der Waals surface area contributed by atoms with E-state index < -0.39 is 0 Å². The van der Waals surface area contributed by atoms with Crippen LogP contribution in [0.3, 0.4) is 0 Å². The van der Waals surface area contributed by atoms with E-state index in [0.29, 0.717) is 0 Å². The van der Waals surface area contributed by atoms with E-state index in [9.17, 15) is 5.11 Å². The quantitative estimate of drug-likeness (QED) is 0.654. The molecule has 0 aromatic rings. The number of hydrogen-bond donors (Lipinski definition) is 2. The van der Waals surface area contributed by atoms with Crippen LogP contribution in [0.1, 0.15) is 27.2 Å². The van der Waals surface area contributed by atoms with Crippen molar-refractivity contribution in [1.29, 1.82) is 0 Å². The molecule has 0 aromatic carbocycles. The number of rotatable bonds is 3. The van der Waals surface area contributed by atoms with Gasteiger partial charge in [-0.1, -0.05) is 13.8 Å². The second kappa shape index (κ2) is 4.21. The van der Waals surface area contributed by atoms with Crippen LogP contribution in [0.4, 0.5) is 0 Å². The van der Waals surface area contributed by atoms with Crippen LogP contribution in [-0.2, 0) is 4.74 Å². The molecule has 12 heavy (non-hydrogen) atoms. The number of ether oxygens (including phenoxy) is 1. The normalized spacial score (nSPS) is 42.0. The highest BCUT2D eigenvalue weighted by atomic mass is 16.5. The van der Waals surface area contributed by atoms with E-state index in [4.69, 9.17) is 4.74 Å². The van der Waals surface area contributed by atoms with E-state index in [1.807, 2.05) is 20.8 Å². The van der Waals surface area contributed by atoms with Crippen molar-refractivity contribution < 1.29 is 9.84 Å². The summed E-state index contributed by atoms with van der Waals surface area (Å²) >= 11 is 0. The molecule has 0 bridgehead atoms. The molecule has 1 heterocycles. The van der Waals surface area contributed by atoms with Gasteiger partial charge < -0.3 is 15.2 Å². The summed E-state index contributed by atoms with van der Waals surface area (Å²) in [6.45, 7) is 6.96.